The number of nitrogens with one attached hydrogen (secondary N) is 1. The van der Waals surface area contributed by atoms with Gasteiger partial charge < -0.3 is 21.0 Å². The molecule has 18 heavy (non-hydrogen) atoms. The topological polar surface area (TPSA) is 96.9 Å². The maximum atomic E-state index is 12.1. The van der Waals surface area contributed by atoms with E-state index in [2.05, 4.69) is 10.5 Å². The van der Waals surface area contributed by atoms with Crippen LogP contribution in [0.25, 0.3) is 0 Å². The molecule has 104 valence electrons. The molecule has 1 aliphatic rings. The molecule has 1 saturated heterocycles. The summed E-state index contributed by atoms with van der Waals surface area (Å²) in [5, 5.41) is 14.5. The maximum Gasteiger partial charge on any atom is 0.233 e. The quantitative estimate of drug-likeness (QED) is 0.302. The summed E-state index contributed by atoms with van der Waals surface area (Å²) in [4.78, 5) is 12.1. The first-order valence-corrected chi connectivity index (χ1v) is 6.12. The molecule has 0 saturated carbocycles. The summed E-state index contributed by atoms with van der Waals surface area (Å²) in [6, 6.07) is 0.0621. The van der Waals surface area contributed by atoms with Crippen molar-refractivity contribution in [2.45, 2.75) is 52.2 Å². The summed E-state index contributed by atoms with van der Waals surface area (Å²) in [6.45, 7) is 7.88. The average Bonchev–Trinajstić information content (AvgIpc) is 2.26. The number of rotatable bonds is 3. The van der Waals surface area contributed by atoms with Crippen molar-refractivity contribution in [2.24, 2.45) is 16.3 Å². The van der Waals surface area contributed by atoms with Crippen LogP contribution in [-0.4, -0.2) is 35.2 Å². The van der Waals surface area contributed by atoms with Gasteiger partial charge in [-0.05, 0) is 40.5 Å². The molecule has 6 nitrogen and oxygen atoms in total. The Bertz CT molecular complexity index is 350. The number of oxime groups is 1. The second kappa shape index (κ2) is 5.14. The first-order valence-electron chi connectivity index (χ1n) is 6.12. The van der Waals surface area contributed by atoms with Crippen LogP contribution in [-0.2, 0) is 9.53 Å². The minimum Gasteiger partial charge on any atom is -0.409 e. The van der Waals surface area contributed by atoms with Gasteiger partial charge in [-0.1, -0.05) is 5.16 Å². The lowest BCUT2D eigenvalue weighted by Crippen LogP contribution is -2.52. The van der Waals surface area contributed by atoms with E-state index in [0.29, 0.717) is 6.61 Å². The van der Waals surface area contributed by atoms with Gasteiger partial charge in [-0.15, -0.1) is 0 Å². The van der Waals surface area contributed by atoms with E-state index < -0.39 is 5.41 Å². The van der Waals surface area contributed by atoms with E-state index >= 15 is 0 Å². The highest BCUT2D eigenvalue weighted by Crippen LogP contribution is 2.25. The number of amides is 1. The van der Waals surface area contributed by atoms with Gasteiger partial charge in [0.15, 0.2) is 5.84 Å². The molecule has 0 aromatic rings. The minimum atomic E-state index is -1.02. The van der Waals surface area contributed by atoms with Gasteiger partial charge in [-0.25, -0.2) is 0 Å². The number of carbonyl (C=O) groups excluding carboxylic acids is 1. The zero-order valence-corrected chi connectivity index (χ0v) is 11.5. The molecule has 0 radical (unpaired) electrons. The van der Waals surface area contributed by atoms with Gasteiger partial charge in [0.25, 0.3) is 0 Å². The Labute approximate surface area is 108 Å². The van der Waals surface area contributed by atoms with Crippen molar-refractivity contribution in [1.29, 1.82) is 0 Å². The summed E-state index contributed by atoms with van der Waals surface area (Å²) in [6.07, 6.45) is 1.53. The Balaban J connectivity index is 2.65. The van der Waals surface area contributed by atoms with Crippen LogP contribution < -0.4 is 11.1 Å². The Morgan fingerprint density at radius 3 is 2.67 bits per heavy atom. The molecular formula is C12H23N3O3. The third kappa shape index (κ3) is 3.35. The van der Waals surface area contributed by atoms with Crippen molar-refractivity contribution in [1.82, 2.24) is 5.32 Å². The Kier molecular flexibility index (Phi) is 4.21. The third-order valence-electron chi connectivity index (χ3n) is 3.35. The second-order valence-electron chi connectivity index (χ2n) is 5.88. The van der Waals surface area contributed by atoms with Crippen LogP contribution in [0.2, 0.25) is 0 Å². The molecule has 4 N–H and O–H groups in total. The van der Waals surface area contributed by atoms with Crippen molar-refractivity contribution < 1.29 is 14.7 Å². The molecule has 1 aliphatic heterocycles. The van der Waals surface area contributed by atoms with Crippen molar-refractivity contribution >= 4 is 11.7 Å². The summed E-state index contributed by atoms with van der Waals surface area (Å²) >= 11 is 0. The first kappa shape index (κ1) is 14.8. The Morgan fingerprint density at radius 2 is 2.17 bits per heavy atom. The fourth-order valence-electron chi connectivity index (χ4n) is 1.96. The van der Waals surface area contributed by atoms with Gasteiger partial charge in [0, 0.05) is 12.6 Å². The SMILES string of the molecule is CC1(C)CC(NC(=O)C(C)(C)C(N)=NO)CCO1. The van der Waals surface area contributed by atoms with Crippen LogP contribution in [0.3, 0.4) is 0 Å². The molecule has 1 rings (SSSR count). The lowest BCUT2D eigenvalue weighted by atomic mass is 9.88. The highest BCUT2D eigenvalue weighted by Gasteiger charge is 2.36. The molecule has 0 bridgehead atoms. The molecule has 0 aromatic heterocycles. The molecule has 6 heteroatoms. The second-order valence-corrected chi connectivity index (χ2v) is 5.88. The molecule has 1 fully saturated rings. The molecule has 1 heterocycles. The first-order chi connectivity index (χ1) is 8.19. The van der Waals surface area contributed by atoms with E-state index in [1.165, 1.54) is 0 Å². The molecule has 0 spiro atoms. The lowest BCUT2D eigenvalue weighted by molar-refractivity contribution is -0.129. The number of nitrogens with zero attached hydrogens (tertiary/aromatic N) is 1. The number of ether oxygens (including phenoxy) is 1. The van der Waals surface area contributed by atoms with E-state index in [0.717, 1.165) is 12.8 Å². The van der Waals surface area contributed by atoms with Crippen LogP contribution in [0.1, 0.15) is 40.5 Å². The maximum absolute atomic E-state index is 12.1. The van der Waals surface area contributed by atoms with Crippen LogP contribution in [0.5, 0.6) is 0 Å². The van der Waals surface area contributed by atoms with Crippen molar-refractivity contribution in [3.8, 4) is 0 Å². The number of carbonyl (C=O) groups is 1. The largest absolute Gasteiger partial charge is 0.409 e. The summed E-state index contributed by atoms with van der Waals surface area (Å²) in [5.41, 5.74) is 4.28. The Hall–Kier alpha value is -1.30. The zero-order chi connectivity index (χ0) is 14.0. The normalized spacial score (nSPS) is 24.7. The van der Waals surface area contributed by atoms with Gasteiger partial charge in [-0.2, -0.15) is 0 Å². The molecule has 1 amide bonds. The van der Waals surface area contributed by atoms with Gasteiger partial charge in [0.1, 0.15) is 5.41 Å². The molecule has 0 aromatic carbocycles. The molecular weight excluding hydrogens is 234 g/mol. The van der Waals surface area contributed by atoms with Crippen LogP contribution in [0, 0.1) is 5.41 Å². The highest BCUT2D eigenvalue weighted by atomic mass is 16.5. The van der Waals surface area contributed by atoms with E-state index in [1.54, 1.807) is 13.8 Å². The molecule has 1 atom stereocenters. The minimum absolute atomic E-state index is 0.0621. The van der Waals surface area contributed by atoms with Crippen molar-refractivity contribution in [3.63, 3.8) is 0 Å². The van der Waals surface area contributed by atoms with Gasteiger partial charge >= 0.3 is 0 Å². The number of amidine groups is 1. The van der Waals surface area contributed by atoms with Crippen molar-refractivity contribution in [2.75, 3.05) is 6.61 Å². The van der Waals surface area contributed by atoms with E-state index in [1.807, 2.05) is 13.8 Å². The van der Waals surface area contributed by atoms with Gasteiger partial charge in [-0.3, -0.25) is 4.79 Å². The number of hydrogen-bond donors (Lipinski definition) is 3. The van der Waals surface area contributed by atoms with E-state index in [4.69, 9.17) is 15.7 Å². The lowest BCUT2D eigenvalue weighted by Gasteiger charge is -2.37. The zero-order valence-electron chi connectivity index (χ0n) is 11.5. The smallest absolute Gasteiger partial charge is 0.233 e. The van der Waals surface area contributed by atoms with Crippen LogP contribution >= 0.6 is 0 Å². The van der Waals surface area contributed by atoms with E-state index in [-0.39, 0.29) is 23.4 Å². The molecule has 1 unspecified atom stereocenters. The third-order valence-corrected chi connectivity index (χ3v) is 3.35. The standard InChI is InChI=1S/C12H23N3O3/c1-11(2)7-8(5-6-18-11)14-10(16)12(3,4)9(13)15-17/h8,17H,5-7H2,1-4H3,(H2,13,15)(H,14,16). The van der Waals surface area contributed by atoms with Crippen molar-refractivity contribution in [3.05, 3.63) is 0 Å². The number of nitrogens with two attached hydrogens (primary N) is 1. The van der Waals surface area contributed by atoms with Crippen LogP contribution in [0.15, 0.2) is 5.16 Å². The summed E-state index contributed by atoms with van der Waals surface area (Å²) in [5.74, 6) is -0.327. The fourth-order valence-corrected chi connectivity index (χ4v) is 1.96. The van der Waals surface area contributed by atoms with E-state index in [9.17, 15) is 4.79 Å². The highest BCUT2D eigenvalue weighted by molar-refractivity contribution is 6.05. The van der Waals surface area contributed by atoms with Gasteiger partial charge in [0.2, 0.25) is 5.91 Å². The predicted octanol–water partition coefficient (Wildman–Crippen LogP) is 0.833. The van der Waals surface area contributed by atoms with Gasteiger partial charge in [0.05, 0.1) is 5.60 Å². The fraction of sp³-hybridized carbons (Fsp3) is 0.833. The Morgan fingerprint density at radius 1 is 1.56 bits per heavy atom. The average molecular weight is 257 g/mol. The predicted molar refractivity (Wildman–Crippen MR) is 68.4 cm³/mol. The summed E-state index contributed by atoms with van der Waals surface area (Å²) in [7, 11) is 0. The van der Waals surface area contributed by atoms with Crippen LogP contribution in [0.4, 0.5) is 0 Å². The summed E-state index contributed by atoms with van der Waals surface area (Å²) < 4.78 is 5.59. The monoisotopic (exact) mass is 257 g/mol. The number of hydrogen-bond acceptors (Lipinski definition) is 4. The molecule has 0 aliphatic carbocycles.